The number of ether oxygens (including phenoxy) is 1. The number of hydrogen-bond donors (Lipinski definition) is 0. The highest BCUT2D eigenvalue weighted by Gasteiger charge is 2.13. The fourth-order valence-electron chi connectivity index (χ4n) is 1.32. The molecule has 1 aromatic heterocycles. The van der Waals surface area contributed by atoms with Crippen molar-refractivity contribution in [3.63, 3.8) is 0 Å². The molecule has 0 atom stereocenters. The Hall–Kier alpha value is -1.16. The molecule has 0 bridgehead atoms. The van der Waals surface area contributed by atoms with E-state index in [0.717, 1.165) is 6.42 Å². The molecule has 18 heavy (non-hydrogen) atoms. The lowest BCUT2D eigenvalue weighted by atomic mass is 9.93. The van der Waals surface area contributed by atoms with Crippen LogP contribution in [0.2, 0.25) is 0 Å². The van der Waals surface area contributed by atoms with Crippen LogP contribution in [0.15, 0.2) is 17.5 Å². The molecule has 1 rings (SSSR count). The second-order valence-corrected chi connectivity index (χ2v) is 6.38. The van der Waals surface area contributed by atoms with Gasteiger partial charge in [0.15, 0.2) is 5.78 Å². The molecule has 0 fully saturated rings. The summed E-state index contributed by atoms with van der Waals surface area (Å²) in [6, 6.07) is 3.61. The summed E-state index contributed by atoms with van der Waals surface area (Å²) >= 11 is 1.40. The van der Waals surface area contributed by atoms with E-state index in [1.165, 1.54) is 11.3 Å². The van der Waals surface area contributed by atoms with Crippen molar-refractivity contribution in [3.05, 3.63) is 22.4 Å². The summed E-state index contributed by atoms with van der Waals surface area (Å²) in [7, 11) is 0. The molecule has 100 valence electrons. The third kappa shape index (κ3) is 5.96. The fraction of sp³-hybridized carbons (Fsp3) is 0.571. The minimum absolute atomic E-state index is 0.0118. The maximum absolute atomic E-state index is 11.6. The van der Waals surface area contributed by atoms with Gasteiger partial charge in [-0.3, -0.25) is 9.59 Å². The molecule has 1 aromatic rings. The summed E-state index contributed by atoms with van der Waals surface area (Å²) in [4.78, 5) is 23.8. The van der Waals surface area contributed by atoms with Crippen molar-refractivity contribution >= 4 is 23.1 Å². The van der Waals surface area contributed by atoms with Gasteiger partial charge in [-0.15, -0.1) is 11.3 Å². The van der Waals surface area contributed by atoms with E-state index in [-0.39, 0.29) is 30.0 Å². The van der Waals surface area contributed by atoms with E-state index in [1.807, 2.05) is 11.4 Å². The van der Waals surface area contributed by atoms with Crippen molar-refractivity contribution in [3.8, 4) is 0 Å². The van der Waals surface area contributed by atoms with Gasteiger partial charge in [0.25, 0.3) is 0 Å². The van der Waals surface area contributed by atoms with Crippen LogP contribution >= 0.6 is 11.3 Å². The van der Waals surface area contributed by atoms with Gasteiger partial charge in [-0.1, -0.05) is 26.8 Å². The number of rotatable bonds is 6. The van der Waals surface area contributed by atoms with E-state index in [4.69, 9.17) is 4.74 Å². The van der Waals surface area contributed by atoms with Gasteiger partial charge < -0.3 is 4.74 Å². The standard InChI is InChI=1S/C14H20O3S/c1-14(2,3)8-9-17-13(16)7-6-11(15)12-5-4-10-18-12/h4-5,10H,6-9H2,1-3H3. The van der Waals surface area contributed by atoms with Gasteiger partial charge in [0.1, 0.15) is 0 Å². The van der Waals surface area contributed by atoms with Crippen LogP contribution in [0.1, 0.15) is 49.7 Å². The molecular formula is C14H20O3S. The number of carbonyl (C=O) groups is 2. The van der Waals surface area contributed by atoms with Crippen molar-refractivity contribution in [1.29, 1.82) is 0 Å². The quantitative estimate of drug-likeness (QED) is 0.583. The normalized spacial score (nSPS) is 11.3. The molecule has 0 radical (unpaired) electrons. The van der Waals surface area contributed by atoms with Gasteiger partial charge in [0.05, 0.1) is 17.9 Å². The Kier molecular flexibility index (Phi) is 5.54. The van der Waals surface area contributed by atoms with Gasteiger partial charge in [0, 0.05) is 6.42 Å². The lowest BCUT2D eigenvalue weighted by Gasteiger charge is -2.17. The maximum Gasteiger partial charge on any atom is 0.306 e. The molecule has 0 aliphatic heterocycles. The Morgan fingerprint density at radius 3 is 2.56 bits per heavy atom. The number of thiophene rings is 1. The Balaban J connectivity index is 2.20. The highest BCUT2D eigenvalue weighted by molar-refractivity contribution is 7.12. The van der Waals surface area contributed by atoms with Gasteiger partial charge in [-0.05, 0) is 23.3 Å². The molecular weight excluding hydrogens is 248 g/mol. The predicted molar refractivity (Wildman–Crippen MR) is 72.9 cm³/mol. The maximum atomic E-state index is 11.6. The second kappa shape index (κ2) is 6.69. The summed E-state index contributed by atoms with van der Waals surface area (Å²) in [5.74, 6) is -0.276. The predicted octanol–water partition coefficient (Wildman–Crippen LogP) is 3.69. The van der Waals surface area contributed by atoms with Gasteiger partial charge >= 0.3 is 5.97 Å². The molecule has 0 aliphatic rings. The molecule has 0 aromatic carbocycles. The molecule has 0 unspecified atom stereocenters. The summed E-state index contributed by atoms with van der Waals surface area (Å²) in [6.07, 6.45) is 1.23. The van der Waals surface area contributed by atoms with Crippen LogP contribution in [0.25, 0.3) is 0 Å². The van der Waals surface area contributed by atoms with Crippen molar-refractivity contribution in [2.24, 2.45) is 5.41 Å². The van der Waals surface area contributed by atoms with Crippen LogP contribution < -0.4 is 0 Å². The van der Waals surface area contributed by atoms with Crippen molar-refractivity contribution < 1.29 is 14.3 Å². The highest BCUT2D eigenvalue weighted by Crippen LogP contribution is 2.18. The number of ketones is 1. The second-order valence-electron chi connectivity index (χ2n) is 5.43. The van der Waals surface area contributed by atoms with Crippen molar-refractivity contribution in [2.75, 3.05) is 6.61 Å². The Morgan fingerprint density at radius 2 is 2.00 bits per heavy atom. The van der Waals surface area contributed by atoms with Crippen LogP contribution in [-0.4, -0.2) is 18.4 Å². The van der Waals surface area contributed by atoms with E-state index < -0.39 is 0 Å². The average molecular weight is 268 g/mol. The zero-order chi connectivity index (χ0) is 13.6. The van der Waals surface area contributed by atoms with Crippen LogP contribution in [0.5, 0.6) is 0 Å². The van der Waals surface area contributed by atoms with Crippen LogP contribution in [0.3, 0.4) is 0 Å². The van der Waals surface area contributed by atoms with Gasteiger partial charge in [0.2, 0.25) is 0 Å². The summed E-state index contributed by atoms with van der Waals surface area (Å²) in [5, 5.41) is 1.86. The molecule has 0 aliphatic carbocycles. The Bertz CT molecular complexity index is 388. The monoisotopic (exact) mass is 268 g/mol. The van der Waals surface area contributed by atoms with E-state index in [9.17, 15) is 9.59 Å². The lowest BCUT2D eigenvalue weighted by molar-refractivity contribution is -0.144. The van der Waals surface area contributed by atoms with E-state index in [2.05, 4.69) is 20.8 Å². The smallest absolute Gasteiger partial charge is 0.306 e. The van der Waals surface area contributed by atoms with Gasteiger partial charge in [-0.25, -0.2) is 0 Å². The number of Topliss-reactive ketones (excluding diaryl/α,β-unsaturated/α-hetero) is 1. The average Bonchev–Trinajstić information content (AvgIpc) is 2.77. The molecule has 0 saturated heterocycles. The lowest BCUT2D eigenvalue weighted by Crippen LogP contribution is -2.13. The first kappa shape index (κ1) is 14.9. The molecule has 3 nitrogen and oxygen atoms in total. The molecule has 4 heteroatoms. The van der Waals surface area contributed by atoms with Crippen molar-refractivity contribution in [2.45, 2.75) is 40.0 Å². The Labute approximate surface area is 112 Å². The topological polar surface area (TPSA) is 43.4 Å². The minimum Gasteiger partial charge on any atom is -0.466 e. The van der Waals surface area contributed by atoms with Crippen molar-refractivity contribution in [1.82, 2.24) is 0 Å². The zero-order valence-electron chi connectivity index (χ0n) is 11.2. The molecule has 1 heterocycles. The molecule has 0 amide bonds. The van der Waals surface area contributed by atoms with Gasteiger partial charge in [-0.2, -0.15) is 0 Å². The van der Waals surface area contributed by atoms with Crippen LogP contribution in [0, 0.1) is 5.41 Å². The first-order valence-corrected chi connectivity index (χ1v) is 6.99. The minimum atomic E-state index is -0.288. The number of hydrogen-bond acceptors (Lipinski definition) is 4. The molecule has 0 saturated carbocycles. The fourth-order valence-corrected chi connectivity index (χ4v) is 2.01. The van der Waals surface area contributed by atoms with Crippen LogP contribution in [0.4, 0.5) is 0 Å². The van der Waals surface area contributed by atoms with E-state index in [0.29, 0.717) is 11.5 Å². The van der Waals surface area contributed by atoms with E-state index in [1.54, 1.807) is 6.07 Å². The summed E-state index contributed by atoms with van der Waals surface area (Å²) in [6.45, 7) is 6.72. The number of esters is 1. The molecule has 0 spiro atoms. The first-order chi connectivity index (χ1) is 8.38. The first-order valence-electron chi connectivity index (χ1n) is 6.11. The third-order valence-corrected chi connectivity index (χ3v) is 3.38. The SMILES string of the molecule is CC(C)(C)CCOC(=O)CCC(=O)c1cccs1. The highest BCUT2D eigenvalue weighted by atomic mass is 32.1. The summed E-state index contributed by atoms with van der Waals surface area (Å²) in [5.41, 5.74) is 0.160. The number of carbonyl (C=O) groups excluding carboxylic acids is 2. The largest absolute Gasteiger partial charge is 0.466 e. The van der Waals surface area contributed by atoms with E-state index >= 15 is 0 Å². The summed E-state index contributed by atoms with van der Waals surface area (Å²) < 4.78 is 5.10. The third-order valence-electron chi connectivity index (χ3n) is 2.47. The van der Waals surface area contributed by atoms with Crippen LogP contribution in [-0.2, 0) is 9.53 Å². The zero-order valence-corrected chi connectivity index (χ0v) is 12.0. The Morgan fingerprint density at radius 1 is 1.28 bits per heavy atom. The molecule has 0 N–H and O–H groups in total.